The Morgan fingerprint density at radius 2 is 1.50 bits per heavy atom. The Balaban J connectivity index is 1.54. The molecule has 2 heterocycles. The molecule has 5 amide bonds. The van der Waals surface area contributed by atoms with Crippen molar-refractivity contribution in [1.29, 1.82) is 0 Å². The molecule has 3 unspecified atom stereocenters. The van der Waals surface area contributed by atoms with Gasteiger partial charge in [0.1, 0.15) is 29.6 Å². The van der Waals surface area contributed by atoms with E-state index >= 15 is 4.79 Å². The molecular formula is C48H55N9O11. The van der Waals surface area contributed by atoms with Gasteiger partial charge in [-0.3, -0.25) is 59.4 Å². The number of nitro benzene ring substituents is 2. The van der Waals surface area contributed by atoms with Crippen molar-refractivity contribution in [1.82, 2.24) is 30.9 Å². The van der Waals surface area contributed by atoms with Gasteiger partial charge in [0.15, 0.2) is 0 Å². The highest BCUT2D eigenvalue weighted by Gasteiger charge is 2.41. The van der Waals surface area contributed by atoms with Crippen LogP contribution in [0, 0.1) is 32.1 Å². The predicted octanol–water partition coefficient (Wildman–Crippen LogP) is 5.16. The average Bonchev–Trinajstić information content (AvgIpc) is 3.85. The maximum absolute atomic E-state index is 15.5. The molecule has 0 saturated carbocycles. The number of nitrogens with zero attached hydrogens (tertiary/aromatic N) is 5. The Morgan fingerprint density at radius 3 is 2.09 bits per heavy atom. The number of carbonyl (C=O) groups excluding carboxylic acids is 5. The van der Waals surface area contributed by atoms with E-state index in [9.17, 15) is 44.5 Å². The molecule has 68 heavy (non-hydrogen) atoms. The molecule has 0 aliphatic heterocycles. The topological polar surface area (TPSA) is 282 Å². The smallest absolute Gasteiger partial charge is 0.299 e. The maximum Gasteiger partial charge on any atom is 0.299 e. The maximum atomic E-state index is 15.5. The number of benzene rings is 3. The van der Waals surface area contributed by atoms with Crippen LogP contribution in [0.1, 0.15) is 74.3 Å². The molecule has 2 aromatic heterocycles. The van der Waals surface area contributed by atoms with Crippen molar-refractivity contribution in [3.63, 3.8) is 0 Å². The lowest BCUT2D eigenvalue weighted by Gasteiger charge is -2.38. The number of ether oxygens (including phenoxy) is 1. The van der Waals surface area contributed by atoms with Crippen LogP contribution in [0.4, 0.5) is 17.1 Å². The molecular weight excluding hydrogens is 879 g/mol. The van der Waals surface area contributed by atoms with Crippen LogP contribution in [-0.2, 0) is 43.4 Å². The van der Waals surface area contributed by atoms with Crippen LogP contribution in [0.2, 0.25) is 0 Å². The SMILES string of the molecule is CC[C@H](C)[C@H](NC(=O)C[C@H](O)C(CC(C)C)N(C(=O)C(Cc1c[nH]cn1)NC(=O)C(Cc1ccccc1)OCc1ccccc1)c1ccc([N+](=O)[O-])cc1[N+](=O)[O-])C(=O)NC(=O)c1ccccn1. The van der Waals surface area contributed by atoms with Gasteiger partial charge in [-0.05, 0) is 47.6 Å². The number of H-pyrrole nitrogens is 1. The summed E-state index contributed by atoms with van der Waals surface area (Å²) in [5, 5.41) is 44.4. The monoisotopic (exact) mass is 933 g/mol. The molecule has 358 valence electrons. The largest absolute Gasteiger partial charge is 0.390 e. The molecule has 6 atom stereocenters. The standard InChI is InChI=1S/C48H55N9O11/c1-5-31(4)44(47(62)54-45(60)36-18-12-13-21-50-36)53-43(59)26-41(58)40(22-30(2)3)55(38-20-19-35(56(64)65)25-39(38)57(66)67)48(63)37(24-34-27-49-29-51-34)52-46(61)42(23-32-14-8-6-9-15-32)68-28-33-16-10-7-11-17-33/h6-21,25,27,29-31,37,40-42,44,58H,5,22-24,26,28H2,1-4H3,(H,49,51)(H,52,61)(H,53,59)(H,54,60,62)/t31-,37?,40?,41-,42?,44-/m0/s1. The van der Waals surface area contributed by atoms with Crippen LogP contribution in [-0.4, -0.2) is 89.8 Å². The highest BCUT2D eigenvalue weighted by atomic mass is 16.6. The second-order valence-corrected chi connectivity index (χ2v) is 16.6. The Labute approximate surface area is 392 Å². The van der Waals surface area contributed by atoms with Crippen molar-refractivity contribution in [3.05, 3.63) is 159 Å². The number of hydrogen-bond donors (Lipinski definition) is 5. The summed E-state index contributed by atoms with van der Waals surface area (Å²) in [6.45, 7) is 6.96. The lowest BCUT2D eigenvalue weighted by atomic mass is 9.93. The lowest BCUT2D eigenvalue weighted by Crippen LogP contribution is -2.58. The third-order valence-electron chi connectivity index (χ3n) is 11.1. The quantitative estimate of drug-likeness (QED) is 0.0395. The normalized spacial score (nSPS) is 13.8. The summed E-state index contributed by atoms with van der Waals surface area (Å²) in [6, 6.07) is 21.0. The Bertz CT molecular complexity index is 2490. The van der Waals surface area contributed by atoms with Gasteiger partial charge in [-0.2, -0.15) is 0 Å². The Morgan fingerprint density at radius 1 is 0.824 bits per heavy atom. The number of carbonyl (C=O) groups is 5. The zero-order chi connectivity index (χ0) is 49.3. The minimum atomic E-state index is -1.81. The lowest BCUT2D eigenvalue weighted by molar-refractivity contribution is -0.393. The van der Waals surface area contributed by atoms with Crippen LogP contribution < -0.4 is 20.9 Å². The first kappa shape index (κ1) is 51.3. The summed E-state index contributed by atoms with van der Waals surface area (Å²) in [6.07, 6.45) is 0.543. The van der Waals surface area contributed by atoms with E-state index in [1.54, 1.807) is 64.1 Å². The summed E-state index contributed by atoms with van der Waals surface area (Å²) < 4.78 is 6.19. The first-order chi connectivity index (χ1) is 32.6. The van der Waals surface area contributed by atoms with E-state index in [1.807, 2.05) is 36.4 Å². The van der Waals surface area contributed by atoms with Crippen LogP contribution in [0.25, 0.3) is 0 Å². The third-order valence-corrected chi connectivity index (χ3v) is 11.1. The molecule has 5 rings (SSSR count). The number of imidazole rings is 1. The fourth-order valence-electron chi connectivity index (χ4n) is 7.44. The molecule has 0 fully saturated rings. The van der Waals surface area contributed by atoms with Gasteiger partial charge < -0.3 is 25.5 Å². The third kappa shape index (κ3) is 14.4. The van der Waals surface area contributed by atoms with Gasteiger partial charge in [-0.1, -0.05) is 101 Å². The minimum Gasteiger partial charge on any atom is -0.390 e. The first-order valence-corrected chi connectivity index (χ1v) is 22.0. The second-order valence-electron chi connectivity index (χ2n) is 16.6. The van der Waals surface area contributed by atoms with E-state index in [0.717, 1.165) is 28.2 Å². The summed E-state index contributed by atoms with van der Waals surface area (Å²) in [5.41, 5.74) is -0.244. The van der Waals surface area contributed by atoms with E-state index < -0.39 is 99.1 Å². The summed E-state index contributed by atoms with van der Waals surface area (Å²) in [5.74, 6) is -5.12. The van der Waals surface area contributed by atoms with Crippen LogP contribution in [0.15, 0.2) is 116 Å². The number of hydrogen-bond acceptors (Lipinski definition) is 13. The Hall–Kier alpha value is -7.71. The molecule has 0 aliphatic carbocycles. The minimum absolute atomic E-state index is 0.0235. The van der Waals surface area contributed by atoms with Gasteiger partial charge in [-0.15, -0.1) is 0 Å². The number of pyridine rings is 1. The number of anilines is 1. The molecule has 0 saturated heterocycles. The number of nitrogens with one attached hydrogen (secondary N) is 4. The zero-order valence-electron chi connectivity index (χ0n) is 38.0. The van der Waals surface area contributed by atoms with E-state index in [1.165, 1.54) is 24.8 Å². The number of aromatic nitrogens is 3. The van der Waals surface area contributed by atoms with Gasteiger partial charge in [0.05, 0.1) is 53.1 Å². The van der Waals surface area contributed by atoms with Crippen LogP contribution in [0.5, 0.6) is 0 Å². The van der Waals surface area contributed by atoms with E-state index in [0.29, 0.717) is 18.2 Å². The van der Waals surface area contributed by atoms with Gasteiger partial charge in [-0.25, -0.2) is 4.98 Å². The van der Waals surface area contributed by atoms with E-state index in [4.69, 9.17) is 4.74 Å². The average molecular weight is 934 g/mol. The second kappa shape index (κ2) is 24.7. The van der Waals surface area contributed by atoms with Gasteiger partial charge in [0.25, 0.3) is 23.2 Å². The molecule has 20 heteroatoms. The molecule has 0 spiro atoms. The molecule has 0 aliphatic rings. The fraction of sp³-hybridized carbons (Fsp3) is 0.354. The highest BCUT2D eigenvalue weighted by molar-refractivity contribution is 6.06. The number of nitro groups is 2. The van der Waals surface area contributed by atoms with Crippen LogP contribution in [0.3, 0.4) is 0 Å². The summed E-state index contributed by atoms with van der Waals surface area (Å²) in [7, 11) is 0. The van der Waals surface area contributed by atoms with E-state index in [2.05, 4.69) is 30.9 Å². The molecule has 20 nitrogen and oxygen atoms in total. The molecule has 5 N–H and O–H groups in total. The van der Waals surface area contributed by atoms with Crippen molar-refractivity contribution in [2.75, 3.05) is 4.90 Å². The van der Waals surface area contributed by atoms with Gasteiger partial charge in [0.2, 0.25) is 17.7 Å². The Kier molecular flexibility index (Phi) is 18.6. The van der Waals surface area contributed by atoms with Crippen molar-refractivity contribution in [2.45, 2.75) is 96.7 Å². The number of aliphatic hydroxyl groups is 1. The van der Waals surface area contributed by atoms with Crippen molar-refractivity contribution >= 4 is 46.6 Å². The predicted molar refractivity (Wildman–Crippen MR) is 249 cm³/mol. The number of non-ortho nitro benzene ring substituents is 1. The summed E-state index contributed by atoms with van der Waals surface area (Å²) in [4.78, 5) is 105. The number of aliphatic hydroxyl groups excluding tert-OH is 1. The van der Waals surface area contributed by atoms with Gasteiger partial charge >= 0.3 is 0 Å². The molecule has 0 radical (unpaired) electrons. The zero-order valence-corrected chi connectivity index (χ0v) is 38.0. The number of rotatable bonds is 24. The molecule has 5 aromatic rings. The van der Waals surface area contributed by atoms with Crippen LogP contribution >= 0.6 is 0 Å². The summed E-state index contributed by atoms with van der Waals surface area (Å²) >= 11 is 0. The number of imide groups is 1. The van der Waals surface area contributed by atoms with Crippen molar-refractivity contribution in [3.8, 4) is 0 Å². The number of aromatic amines is 1. The molecule has 3 aromatic carbocycles. The fourth-order valence-corrected chi connectivity index (χ4v) is 7.44. The van der Waals surface area contributed by atoms with E-state index in [-0.39, 0.29) is 37.5 Å². The van der Waals surface area contributed by atoms with Gasteiger partial charge in [0, 0.05) is 31.3 Å². The number of amides is 5. The van der Waals surface area contributed by atoms with Crippen molar-refractivity contribution in [2.24, 2.45) is 11.8 Å². The van der Waals surface area contributed by atoms with Crippen molar-refractivity contribution < 1.29 is 43.7 Å². The molecule has 0 bridgehead atoms. The first-order valence-electron chi connectivity index (χ1n) is 22.0. The highest BCUT2D eigenvalue weighted by Crippen LogP contribution is 2.36.